The van der Waals surface area contributed by atoms with Gasteiger partial charge in [-0.05, 0) is 42.8 Å². The Morgan fingerprint density at radius 3 is 2.46 bits per heavy atom. The highest BCUT2D eigenvalue weighted by molar-refractivity contribution is 5.92. The van der Waals surface area contributed by atoms with Crippen LogP contribution in [0.1, 0.15) is 13.3 Å². The fourth-order valence-electron chi connectivity index (χ4n) is 2.37. The number of para-hydroxylation sites is 2. The molecule has 1 aromatic heterocycles. The maximum atomic E-state index is 12.1. The Morgan fingerprint density at radius 1 is 1.08 bits per heavy atom. The number of rotatable bonds is 8. The topological polar surface area (TPSA) is 65.4 Å². The number of hydrogen-bond donors (Lipinski definition) is 1. The van der Waals surface area contributed by atoms with E-state index in [0.29, 0.717) is 23.8 Å². The summed E-state index contributed by atoms with van der Waals surface area (Å²) in [6, 6.07) is 14.8. The first-order valence-corrected chi connectivity index (χ1v) is 8.49. The van der Waals surface area contributed by atoms with Gasteiger partial charge in [0.1, 0.15) is 0 Å². The van der Waals surface area contributed by atoms with Crippen molar-refractivity contribution in [1.82, 2.24) is 9.55 Å². The number of nitrogens with one attached hydrogen (secondary N) is 1. The summed E-state index contributed by atoms with van der Waals surface area (Å²) in [5.41, 5.74) is 1.68. The van der Waals surface area contributed by atoms with Crippen LogP contribution in [-0.4, -0.2) is 28.7 Å². The van der Waals surface area contributed by atoms with Gasteiger partial charge in [-0.25, -0.2) is 4.98 Å². The molecule has 0 unspecified atom stereocenters. The van der Waals surface area contributed by atoms with Crippen LogP contribution in [0.2, 0.25) is 0 Å². The van der Waals surface area contributed by atoms with Gasteiger partial charge < -0.3 is 19.4 Å². The van der Waals surface area contributed by atoms with Crippen molar-refractivity contribution in [3.05, 3.63) is 67.3 Å². The van der Waals surface area contributed by atoms with Crippen molar-refractivity contribution < 1.29 is 14.3 Å². The zero-order chi connectivity index (χ0) is 18.2. The molecule has 134 valence electrons. The van der Waals surface area contributed by atoms with E-state index in [-0.39, 0.29) is 12.5 Å². The number of nitrogens with zero attached hydrogens (tertiary/aromatic N) is 2. The standard InChI is InChI=1S/C20H21N3O3/c1-2-13-25-18-5-3-4-6-19(18)26-14-20(24)22-16-7-9-17(10-8-16)23-12-11-21-15-23/h3-12,15H,2,13-14H2,1H3,(H,22,24). The first kappa shape index (κ1) is 17.5. The van der Waals surface area contributed by atoms with E-state index >= 15 is 0 Å². The monoisotopic (exact) mass is 351 g/mol. The molecule has 6 nitrogen and oxygen atoms in total. The van der Waals surface area contributed by atoms with Gasteiger partial charge in [0.25, 0.3) is 5.91 Å². The number of ether oxygens (including phenoxy) is 2. The number of amides is 1. The fraction of sp³-hybridized carbons (Fsp3) is 0.200. The number of carbonyl (C=O) groups excluding carboxylic acids is 1. The SMILES string of the molecule is CCCOc1ccccc1OCC(=O)Nc1ccc(-n2ccnc2)cc1. The Labute approximate surface area is 152 Å². The number of hydrogen-bond acceptors (Lipinski definition) is 4. The number of benzene rings is 2. The lowest BCUT2D eigenvalue weighted by Gasteiger charge is -2.12. The molecule has 1 amide bonds. The van der Waals surface area contributed by atoms with Crippen molar-refractivity contribution in [2.24, 2.45) is 0 Å². The predicted octanol–water partition coefficient (Wildman–Crippen LogP) is 3.68. The summed E-state index contributed by atoms with van der Waals surface area (Å²) >= 11 is 0. The molecule has 0 saturated heterocycles. The zero-order valence-corrected chi connectivity index (χ0v) is 14.6. The highest BCUT2D eigenvalue weighted by Gasteiger charge is 2.08. The number of anilines is 1. The first-order chi connectivity index (χ1) is 12.8. The average Bonchev–Trinajstić information content (AvgIpc) is 3.21. The second kappa shape index (κ2) is 8.71. The molecule has 3 rings (SSSR count). The van der Waals surface area contributed by atoms with E-state index in [1.54, 1.807) is 18.6 Å². The van der Waals surface area contributed by atoms with Crippen molar-refractivity contribution >= 4 is 11.6 Å². The molecule has 0 atom stereocenters. The summed E-state index contributed by atoms with van der Waals surface area (Å²) in [6.07, 6.45) is 6.21. The normalized spacial score (nSPS) is 10.3. The summed E-state index contributed by atoms with van der Waals surface area (Å²) in [5.74, 6) is 0.976. The fourth-order valence-corrected chi connectivity index (χ4v) is 2.37. The summed E-state index contributed by atoms with van der Waals surface area (Å²) < 4.78 is 13.1. The summed E-state index contributed by atoms with van der Waals surface area (Å²) in [6.45, 7) is 2.56. The van der Waals surface area contributed by atoms with Crippen LogP contribution in [0, 0.1) is 0 Å². The van der Waals surface area contributed by atoms with E-state index in [9.17, 15) is 4.79 Å². The Balaban J connectivity index is 1.55. The van der Waals surface area contributed by atoms with Crippen LogP contribution in [0.25, 0.3) is 5.69 Å². The average molecular weight is 351 g/mol. The van der Waals surface area contributed by atoms with Crippen LogP contribution < -0.4 is 14.8 Å². The van der Waals surface area contributed by atoms with Crippen LogP contribution in [0.4, 0.5) is 5.69 Å². The number of imidazole rings is 1. The predicted molar refractivity (Wildman–Crippen MR) is 99.9 cm³/mol. The Bertz CT molecular complexity index is 830. The van der Waals surface area contributed by atoms with Gasteiger partial charge in [-0.3, -0.25) is 4.79 Å². The van der Waals surface area contributed by atoms with Crippen molar-refractivity contribution in [1.29, 1.82) is 0 Å². The second-order valence-electron chi connectivity index (χ2n) is 5.65. The van der Waals surface area contributed by atoms with Gasteiger partial charge in [0, 0.05) is 23.8 Å². The summed E-state index contributed by atoms with van der Waals surface area (Å²) in [4.78, 5) is 16.1. The second-order valence-corrected chi connectivity index (χ2v) is 5.65. The van der Waals surface area contributed by atoms with Gasteiger partial charge in [0.05, 0.1) is 12.9 Å². The minimum Gasteiger partial charge on any atom is -0.490 e. The third kappa shape index (κ3) is 4.63. The van der Waals surface area contributed by atoms with E-state index in [2.05, 4.69) is 10.3 Å². The molecule has 0 bridgehead atoms. The Kier molecular flexibility index (Phi) is 5.88. The van der Waals surface area contributed by atoms with Gasteiger partial charge in [0.2, 0.25) is 0 Å². The quantitative estimate of drug-likeness (QED) is 0.672. The van der Waals surface area contributed by atoms with Gasteiger partial charge in [-0.15, -0.1) is 0 Å². The van der Waals surface area contributed by atoms with Crippen LogP contribution in [0.3, 0.4) is 0 Å². The summed E-state index contributed by atoms with van der Waals surface area (Å²) in [7, 11) is 0. The molecule has 1 N–H and O–H groups in total. The highest BCUT2D eigenvalue weighted by Crippen LogP contribution is 2.26. The Hall–Kier alpha value is -3.28. The van der Waals surface area contributed by atoms with Gasteiger partial charge >= 0.3 is 0 Å². The molecule has 0 fully saturated rings. The lowest BCUT2D eigenvalue weighted by atomic mass is 10.2. The van der Waals surface area contributed by atoms with E-state index < -0.39 is 0 Å². The molecule has 0 saturated carbocycles. The van der Waals surface area contributed by atoms with Crippen LogP contribution in [0.15, 0.2) is 67.3 Å². The molecule has 0 aliphatic heterocycles. The van der Waals surface area contributed by atoms with Crippen LogP contribution >= 0.6 is 0 Å². The number of aromatic nitrogens is 2. The molecular formula is C20H21N3O3. The lowest BCUT2D eigenvalue weighted by Crippen LogP contribution is -2.20. The van der Waals surface area contributed by atoms with Gasteiger partial charge in [-0.2, -0.15) is 0 Å². The van der Waals surface area contributed by atoms with Gasteiger partial charge in [-0.1, -0.05) is 19.1 Å². The van der Waals surface area contributed by atoms with Crippen LogP contribution in [-0.2, 0) is 4.79 Å². The molecule has 26 heavy (non-hydrogen) atoms. The molecule has 2 aromatic carbocycles. The van der Waals surface area contributed by atoms with E-state index in [4.69, 9.17) is 9.47 Å². The highest BCUT2D eigenvalue weighted by atomic mass is 16.5. The lowest BCUT2D eigenvalue weighted by molar-refractivity contribution is -0.118. The molecule has 0 aliphatic rings. The van der Waals surface area contributed by atoms with Crippen molar-refractivity contribution in [2.75, 3.05) is 18.5 Å². The largest absolute Gasteiger partial charge is 0.490 e. The van der Waals surface area contributed by atoms with Crippen molar-refractivity contribution in [3.63, 3.8) is 0 Å². The zero-order valence-electron chi connectivity index (χ0n) is 14.6. The smallest absolute Gasteiger partial charge is 0.262 e. The minimum absolute atomic E-state index is 0.0875. The summed E-state index contributed by atoms with van der Waals surface area (Å²) in [5, 5.41) is 2.82. The molecule has 0 radical (unpaired) electrons. The molecule has 1 heterocycles. The molecule has 0 aliphatic carbocycles. The third-order valence-corrected chi connectivity index (χ3v) is 3.62. The van der Waals surface area contributed by atoms with E-state index in [1.165, 1.54) is 0 Å². The molecular weight excluding hydrogens is 330 g/mol. The van der Waals surface area contributed by atoms with Crippen LogP contribution in [0.5, 0.6) is 11.5 Å². The number of carbonyl (C=O) groups is 1. The van der Waals surface area contributed by atoms with E-state index in [0.717, 1.165) is 12.1 Å². The molecule has 0 spiro atoms. The molecule has 6 heteroatoms. The minimum atomic E-state index is -0.231. The maximum absolute atomic E-state index is 12.1. The third-order valence-electron chi connectivity index (χ3n) is 3.62. The maximum Gasteiger partial charge on any atom is 0.262 e. The van der Waals surface area contributed by atoms with E-state index in [1.807, 2.05) is 60.2 Å². The van der Waals surface area contributed by atoms with Gasteiger partial charge in [0.15, 0.2) is 18.1 Å². The van der Waals surface area contributed by atoms with Crippen molar-refractivity contribution in [2.45, 2.75) is 13.3 Å². The first-order valence-electron chi connectivity index (χ1n) is 8.49. The van der Waals surface area contributed by atoms with Crippen molar-refractivity contribution in [3.8, 4) is 17.2 Å². The Morgan fingerprint density at radius 2 is 1.81 bits per heavy atom. The molecule has 3 aromatic rings.